The Morgan fingerprint density at radius 1 is 1.07 bits per heavy atom. The molecular weight excluding hydrogens is 363 g/mol. The molecule has 1 heterocycles. The molecule has 27 heavy (non-hydrogen) atoms. The minimum absolute atomic E-state index is 0.0533. The largest absolute Gasteiger partial charge is 0.478 e. The number of ether oxygens (including phenoxy) is 1. The summed E-state index contributed by atoms with van der Waals surface area (Å²) in [5.74, 6) is -0.0251. The lowest BCUT2D eigenvalue weighted by atomic mass is 9.87. The third kappa shape index (κ3) is 4.45. The number of hydrogen-bond acceptors (Lipinski definition) is 4. The molecule has 2 aromatic carbocycles. The summed E-state index contributed by atoms with van der Waals surface area (Å²) in [6, 6.07) is 12.1. The van der Waals surface area contributed by atoms with Crippen molar-refractivity contribution in [2.45, 2.75) is 45.6 Å². The van der Waals surface area contributed by atoms with Crippen LogP contribution < -0.4 is 10.1 Å². The number of carbonyl (C=O) groups is 1. The van der Waals surface area contributed by atoms with E-state index in [-0.39, 0.29) is 17.1 Å². The molecule has 0 saturated carbocycles. The Bertz CT molecular complexity index is 972. The van der Waals surface area contributed by atoms with E-state index in [1.54, 1.807) is 19.9 Å². The molecule has 4 nitrogen and oxygen atoms in total. The van der Waals surface area contributed by atoms with Gasteiger partial charge in [0, 0.05) is 0 Å². The zero-order valence-electron chi connectivity index (χ0n) is 16.1. The van der Waals surface area contributed by atoms with E-state index in [4.69, 9.17) is 4.74 Å². The molecular formula is C21H23FN2O2S. The van der Waals surface area contributed by atoms with Crippen LogP contribution in [0, 0.1) is 5.82 Å². The molecule has 0 atom stereocenters. The summed E-state index contributed by atoms with van der Waals surface area (Å²) < 4.78 is 19.9. The standard InChI is InChI=1S/C21H23FN2O2S/c1-20(2,3)13-6-9-15(10-7-13)26-21(4,5)18(25)24-19-23-16-11-8-14(22)12-17(16)27-19/h6-12H,1-5H3,(H,23,24,25). The fourth-order valence-electron chi connectivity index (χ4n) is 2.56. The second-order valence-electron chi connectivity index (χ2n) is 7.97. The first-order valence-corrected chi connectivity index (χ1v) is 9.53. The van der Waals surface area contributed by atoms with Crippen LogP contribution in [0.25, 0.3) is 10.2 Å². The molecule has 3 rings (SSSR count). The van der Waals surface area contributed by atoms with Gasteiger partial charge in [0.05, 0.1) is 10.2 Å². The monoisotopic (exact) mass is 386 g/mol. The van der Waals surface area contributed by atoms with E-state index in [9.17, 15) is 9.18 Å². The maximum Gasteiger partial charge on any atom is 0.269 e. The Morgan fingerprint density at radius 3 is 2.37 bits per heavy atom. The summed E-state index contributed by atoms with van der Waals surface area (Å²) in [5, 5.41) is 3.19. The van der Waals surface area contributed by atoms with Gasteiger partial charge in [-0.3, -0.25) is 10.1 Å². The van der Waals surface area contributed by atoms with Crippen molar-refractivity contribution >= 4 is 32.6 Å². The van der Waals surface area contributed by atoms with Crippen LogP contribution in [0.1, 0.15) is 40.2 Å². The van der Waals surface area contributed by atoms with Crippen molar-refractivity contribution < 1.29 is 13.9 Å². The predicted molar refractivity (Wildman–Crippen MR) is 108 cm³/mol. The number of rotatable bonds is 4. The minimum Gasteiger partial charge on any atom is -0.478 e. The topological polar surface area (TPSA) is 51.2 Å². The molecule has 0 aliphatic heterocycles. The van der Waals surface area contributed by atoms with Crippen molar-refractivity contribution in [3.8, 4) is 5.75 Å². The van der Waals surface area contributed by atoms with Gasteiger partial charge >= 0.3 is 0 Å². The maximum atomic E-state index is 13.3. The first kappa shape index (κ1) is 19.3. The van der Waals surface area contributed by atoms with Crippen LogP contribution in [0.2, 0.25) is 0 Å². The third-order valence-corrected chi connectivity index (χ3v) is 5.14. The molecule has 1 aromatic heterocycles. The van der Waals surface area contributed by atoms with Gasteiger partial charge in [0.1, 0.15) is 11.6 Å². The van der Waals surface area contributed by atoms with Crippen molar-refractivity contribution in [3.63, 3.8) is 0 Å². The molecule has 0 fully saturated rings. The summed E-state index contributed by atoms with van der Waals surface area (Å²) in [4.78, 5) is 17.0. The smallest absolute Gasteiger partial charge is 0.269 e. The number of fused-ring (bicyclic) bond motifs is 1. The number of hydrogen-bond donors (Lipinski definition) is 1. The quantitative estimate of drug-likeness (QED) is 0.641. The summed E-state index contributed by atoms with van der Waals surface area (Å²) in [6.07, 6.45) is 0. The Balaban J connectivity index is 1.72. The van der Waals surface area contributed by atoms with E-state index in [1.165, 1.54) is 29.0 Å². The Labute approximate surface area is 162 Å². The number of aromatic nitrogens is 1. The zero-order chi connectivity index (χ0) is 19.8. The molecule has 0 bridgehead atoms. The predicted octanol–water partition coefficient (Wildman–Crippen LogP) is 5.53. The molecule has 0 aliphatic rings. The van der Waals surface area contributed by atoms with E-state index in [1.807, 2.05) is 24.3 Å². The molecule has 0 saturated heterocycles. The zero-order valence-corrected chi connectivity index (χ0v) is 16.9. The maximum absolute atomic E-state index is 13.3. The van der Waals surface area contributed by atoms with Gasteiger partial charge in [-0.15, -0.1) is 0 Å². The Kier molecular flexibility index (Phi) is 4.95. The number of nitrogens with zero attached hydrogens (tertiary/aromatic N) is 1. The molecule has 142 valence electrons. The normalized spacial score (nSPS) is 12.2. The molecule has 0 radical (unpaired) electrons. The molecule has 0 aliphatic carbocycles. The fourth-order valence-corrected chi connectivity index (χ4v) is 3.45. The van der Waals surface area contributed by atoms with Gasteiger partial charge in [-0.05, 0) is 55.2 Å². The number of anilines is 1. The lowest BCUT2D eigenvalue weighted by Gasteiger charge is -2.25. The number of carbonyl (C=O) groups excluding carboxylic acids is 1. The minimum atomic E-state index is -1.09. The van der Waals surface area contributed by atoms with Crippen molar-refractivity contribution in [2.75, 3.05) is 5.32 Å². The third-order valence-electron chi connectivity index (χ3n) is 4.21. The van der Waals surface area contributed by atoms with Crippen LogP contribution >= 0.6 is 11.3 Å². The van der Waals surface area contributed by atoms with Gasteiger partial charge in [-0.2, -0.15) is 0 Å². The van der Waals surface area contributed by atoms with Gasteiger partial charge in [0.15, 0.2) is 10.7 Å². The van der Waals surface area contributed by atoms with Gasteiger partial charge in [0.25, 0.3) is 5.91 Å². The molecule has 0 spiro atoms. The van der Waals surface area contributed by atoms with Crippen LogP contribution in [0.15, 0.2) is 42.5 Å². The number of halogens is 1. The molecule has 6 heteroatoms. The van der Waals surface area contributed by atoms with Crippen LogP contribution in [-0.2, 0) is 10.2 Å². The average Bonchev–Trinajstić information content (AvgIpc) is 2.95. The summed E-state index contributed by atoms with van der Waals surface area (Å²) in [6.45, 7) is 9.83. The van der Waals surface area contributed by atoms with E-state index in [0.29, 0.717) is 21.1 Å². The first-order chi connectivity index (χ1) is 12.5. The highest BCUT2D eigenvalue weighted by molar-refractivity contribution is 7.22. The molecule has 3 aromatic rings. The van der Waals surface area contributed by atoms with Crippen LogP contribution in [0.3, 0.4) is 0 Å². The van der Waals surface area contributed by atoms with Crippen molar-refractivity contribution in [2.24, 2.45) is 0 Å². The average molecular weight is 386 g/mol. The van der Waals surface area contributed by atoms with Crippen molar-refractivity contribution in [3.05, 3.63) is 53.8 Å². The molecule has 1 amide bonds. The van der Waals surface area contributed by atoms with E-state index in [2.05, 4.69) is 31.1 Å². The summed E-state index contributed by atoms with van der Waals surface area (Å²) in [5.41, 5.74) is 0.802. The SMILES string of the molecule is CC(C)(Oc1ccc(C(C)(C)C)cc1)C(=O)Nc1nc2ccc(F)cc2s1. The Morgan fingerprint density at radius 2 is 1.74 bits per heavy atom. The highest BCUT2D eigenvalue weighted by Crippen LogP contribution is 2.29. The van der Waals surface area contributed by atoms with E-state index < -0.39 is 5.60 Å². The van der Waals surface area contributed by atoms with E-state index in [0.717, 1.165) is 0 Å². The van der Waals surface area contributed by atoms with Crippen LogP contribution in [-0.4, -0.2) is 16.5 Å². The number of benzene rings is 2. The van der Waals surface area contributed by atoms with Gasteiger partial charge in [-0.25, -0.2) is 9.37 Å². The fraction of sp³-hybridized carbons (Fsp3) is 0.333. The second-order valence-corrected chi connectivity index (χ2v) is 9.00. The second kappa shape index (κ2) is 6.93. The Hall–Kier alpha value is -2.47. The number of amides is 1. The highest BCUT2D eigenvalue weighted by Gasteiger charge is 2.31. The van der Waals surface area contributed by atoms with Gasteiger partial charge in [-0.1, -0.05) is 44.2 Å². The van der Waals surface area contributed by atoms with Crippen molar-refractivity contribution in [1.82, 2.24) is 4.98 Å². The van der Waals surface area contributed by atoms with Crippen molar-refractivity contribution in [1.29, 1.82) is 0 Å². The van der Waals surface area contributed by atoms with Gasteiger partial charge < -0.3 is 4.74 Å². The lowest BCUT2D eigenvalue weighted by molar-refractivity contribution is -0.128. The molecule has 1 N–H and O–H groups in total. The highest BCUT2D eigenvalue weighted by atomic mass is 32.1. The van der Waals surface area contributed by atoms with Crippen LogP contribution in [0.4, 0.5) is 9.52 Å². The molecule has 0 unspecified atom stereocenters. The number of nitrogens with one attached hydrogen (secondary N) is 1. The van der Waals surface area contributed by atoms with E-state index >= 15 is 0 Å². The first-order valence-electron chi connectivity index (χ1n) is 8.72. The van der Waals surface area contributed by atoms with Crippen LogP contribution in [0.5, 0.6) is 5.75 Å². The number of thiazole rings is 1. The van der Waals surface area contributed by atoms with Gasteiger partial charge in [0.2, 0.25) is 0 Å². The summed E-state index contributed by atoms with van der Waals surface area (Å²) in [7, 11) is 0. The summed E-state index contributed by atoms with van der Waals surface area (Å²) >= 11 is 1.23. The lowest BCUT2D eigenvalue weighted by Crippen LogP contribution is -2.42.